The Bertz CT molecular complexity index is 426. The first kappa shape index (κ1) is 9.40. The molecule has 1 heterocycles. The van der Waals surface area contributed by atoms with Crippen molar-refractivity contribution in [2.45, 2.75) is 13.5 Å². The van der Waals surface area contributed by atoms with E-state index in [2.05, 4.69) is 26.2 Å². The fourth-order valence-corrected chi connectivity index (χ4v) is 1.86. The maximum Gasteiger partial charge on any atom is 0.222 e. The summed E-state index contributed by atoms with van der Waals surface area (Å²) in [7, 11) is 0. The predicted octanol–water partition coefficient (Wildman–Crippen LogP) is 1.85. The van der Waals surface area contributed by atoms with Crippen LogP contribution in [0, 0.1) is 0 Å². The van der Waals surface area contributed by atoms with Gasteiger partial charge in [0.05, 0.1) is 6.54 Å². The molecule has 1 aromatic rings. The summed E-state index contributed by atoms with van der Waals surface area (Å²) in [5, 5.41) is 2.71. The standard InChI is InChI=1S/C10H9BrN2O/c1-6(14)13-10-9-3-2-8(11)4-7(9)5-12-10/h2-4H,5H2,1H3,(H,12,13,14). The van der Waals surface area contributed by atoms with Crippen LogP contribution in [0.2, 0.25) is 0 Å². The molecule has 1 N–H and O–H groups in total. The molecule has 72 valence electrons. The van der Waals surface area contributed by atoms with Gasteiger partial charge in [0.25, 0.3) is 0 Å². The molecule has 3 nitrogen and oxygen atoms in total. The summed E-state index contributed by atoms with van der Waals surface area (Å²) in [5.41, 5.74) is 2.16. The van der Waals surface area contributed by atoms with Crippen LogP contribution in [0.4, 0.5) is 0 Å². The molecule has 0 unspecified atom stereocenters. The van der Waals surface area contributed by atoms with Gasteiger partial charge in [-0.3, -0.25) is 9.79 Å². The summed E-state index contributed by atoms with van der Waals surface area (Å²) in [6, 6.07) is 5.93. The lowest BCUT2D eigenvalue weighted by atomic mass is 10.1. The molecule has 0 aromatic heterocycles. The van der Waals surface area contributed by atoms with Crippen molar-refractivity contribution in [1.29, 1.82) is 0 Å². The number of amides is 1. The van der Waals surface area contributed by atoms with E-state index in [1.807, 2.05) is 18.2 Å². The molecule has 2 rings (SSSR count). The zero-order valence-corrected chi connectivity index (χ0v) is 9.26. The second-order valence-corrected chi connectivity index (χ2v) is 4.06. The van der Waals surface area contributed by atoms with E-state index in [-0.39, 0.29) is 5.91 Å². The van der Waals surface area contributed by atoms with Gasteiger partial charge in [0.2, 0.25) is 5.91 Å². The third-order valence-electron chi connectivity index (χ3n) is 2.02. The van der Waals surface area contributed by atoms with Gasteiger partial charge in [-0.1, -0.05) is 15.9 Å². The van der Waals surface area contributed by atoms with Gasteiger partial charge in [-0.05, 0) is 23.8 Å². The SMILES string of the molecule is CC(=O)NC1=NCc2cc(Br)ccc21. The topological polar surface area (TPSA) is 41.5 Å². The molecule has 4 heteroatoms. The van der Waals surface area contributed by atoms with E-state index in [1.54, 1.807) is 0 Å². The van der Waals surface area contributed by atoms with E-state index in [4.69, 9.17) is 0 Å². The summed E-state index contributed by atoms with van der Waals surface area (Å²) >= 11 is 3.40. The third kappa shape index (κ3) is 1.70. The Hall–Kier alpha value is -1.16. The Morgan fingerprint density at radius 3 is 3.07 bits per heavy atom. The minimum Gasteiger partial charge on any atom is -0.311 e. The van der Waals surface area contributed by atoms with E-state index in [1.165, 1.54) is 6.92 Å². The van der Waals surface area contributed by atoms with Crippen LogP contribution in [0.25, 0.3) is 0 Å². The van der Waals surface area contributed by atoms with Gasteiger partial charge in [0, 0.05) is 17.0 Å². The van der Waals surface area contributed by atoms with E-state index in [0.29, 0.717) is 12.4 Å². The summed E-state index contributed by atoms with van der Waals surface area (Å²) in [5.74, 6) is 0.597. The lowest BCUT2D eigenvalue weighted by molar-refractivity contribution is -0.117. The Balaban J connectivity index is 2.32. The highest BCUT2D eigenvalue weighted by Crippen LogP contribution is 2.22. The van der Waals surface area contributed by atoms with Crippen LogP contribution in [-0.4, -0.2) is 11.7 Å². The van der Waals surface area contributed by atoms with Crippen molar-refractivity contribution in [3.8, 4) is 0 Å². The maximum absolute atomic E-state index is 10.9. The summed E-state index contributed by atoms with van der Waals surface area (Å²) < 4.78 is 1.04. The first-order valence-corrected chi connectivity index (χ1v) is 5.07. The van der Waals surface area contributed by atoms with Crippen LogP contribution in [0.1, 0.15) is 18.1 Å². The average molecular weight is 253 g/mol. The number of hydrogen-bond acceptors (Lipinski definition) is 2. The number of carbonyl (C=O) groups excluding carboxylic acids is 1. The summed E-state index contributed by atoms with van der Waals surface area (Å²) in [6.07, 6.45) is 0. The lowest BCUT2D eigenvalue weighted by Crippen LogP contribution is -2.27. The number of benzene rings is 1. The van der Waals surface area contributed by atoms with Gasteiger partial charge in [-0.25, -0.2) is 0 Å². The van der Waals surface area contributed by atoms with E-state index in [9.17, 15) is 4.79 Å². The fraction of sp³-hybridized carbons (Fsp3) is 0.200. The highest BCUT2D eigenvalue weighted by Gasteiger charge is 2.16. The zero-order valence-electron chi connectivity index (χ0n) is 7.67. The number of halogens is 1. The van der Waals surface area contributed by atoms with Gasteiger partial charge >= 0.3 is 0 Å². The highest BCUT2D eigenvalue weighted by atomic mass is 79.9. The van der Waals surface area contributed by atoms with Crippen molar-refractivity contribution in [2.24, 2.45) is 4.99 Å². The van der Waals surface area contributed by atoms with Gasteiger partial charge in [-0.2, -0.15) is 0 Å². The molecule has 1 aliphatic rings. The molecule has 0 saturated heterocycles. The summed E-state index contributed by atoms with van der Waals surface area (Å²) in [4.78, 5) is 15.1. The predicted molar refractivity (Wildman–Crippen MR) is 58.2 cm³/mol. The van der Waals surface area contributed by atoms with Crippen molar-refractivity contribution in [3.05, 3.63) is 33.8 Å². The first-order valence-electron chi connectivity index (χ1n) is 4.27. The number of fused-ring (bicyclic) bond motifs is 1. The lowest BCUT2D eigenvalue weighted by Gasteiger charge is -2.03. The molecule has 0 aliphatic carbocycles. The second kappa shape index (κ2) is 3.53. The molecule has 0 bridgehead atoms. The largest absolute Gasteiger partial charge is 0.311 e. The maximum atomic E-state index is 10.9. The van der Waals surface area contributed by atoms with Crippen LogP contribution >= 0.6 is 15.9 Å². The Morgan fingerprint density at radius 1 is 1.57 bits per heavy atom. The van der Waals surface area contributed by atoms with Gasteiger partial charge in [-0.15, -0.1) is 0 Å². The van der Waals surface area contributed by atoms with Crippen molar-refractivity contribution in [1.82, 2.24) is 5.32 Å². The number of carbonyl (C=O) groups is 1. The van der Waals surface area contributed by atoms with E-state index >= 15 is 0 Å². The monoisotopic (exact) mass is 252 g/mol. The number of nitrogens with one attached hydrogen (secondary N) is 1. The normalized spacial score (nSPS) is 13.4. The molecular weight excluding hydrogens is 244 g/mol. The molecule has 14 heavy (non-hydrogen) atoms. The van der Waals surface area contributed by atoms with E-state index in [0.717, 1.165) is 15.6 Å². The molecule has 1 aliphatic heterocycles. The number of aliphatic imine (C=N–C) groups is 1. The fourth-order valence-electron chi connectivity index (χ4n) is 1.45. The van der Waals surface area contributed by atoms with Crippen LogP contribution in [0.15, 0.2) is 27.7 Å². The molecule has 0 fully saturated rings. The van der Waals surface area contributed by atoms with Crippen LogP contribution in [0.5, 0.6) is 0 Å². The molecule has 0 saturated carbocycles. The number of hydrogen-bond donors (Lipinski definition) is 1. The Labute approximate surface area is 90.4 Å². The number of nitrogens with zero attached hydrogens (tertiary/aromatic N) is 1. The van der Waals surface area contributed by atoms with Crippen LogP contribution in [-0.2, 0) is 11.3 Å². The second-order valence-electron chi connectivity index (χ2n) is 3.15. The molecule has 0 radical (unpaired) electrons. The van der Waals surface area contributed by atoms with Crippen molar-refractivity contribution in [2.75, 3.05) is 0 Å². The first-order chi connectivity index (χ1) is 6.66. The van der Waals surface area contributed by atoms with Crippen molar-refractivity contribution < 1.29 is 4.79 Å². The quantitative estimate of drug-likeness (QED) is 0.753. The molecule has 0 spiro atoms. The number of rotatable bonds is 0. The molecule has 1 aromatic carbocycles. The van der Waals surface area contributed by atoms with E-state index < -0.39 is 0 Å². The zero-order chi connectivity index (χ0) is 10.1. The molecule has 1 amide bonds. The molecular formula is C10H9BrN2O. The number of amidine groups is 1. The smallest absolute Gasteiger partial charge is 0.222 e. The van der Waals surface area contributed by atoms with Crippen molar-refractivity contribution in [3.63, 3.8) is 0 Å². The van der Waals surface area contributed by atoms with Crippen LogP contribution < -0.4 is 5.32 Å². The van der Waals surface area contributed by atoms with Gasteiger partial charge in [0.1, 0.15) is 5.84 Å². The highest BCUT2D eigenvalue weighted by molar-refractivity contribution is 9.10. The van der Waals surface area contributed by atoms with Crippen molar-refractivity contribution >= 4 is 27.7 Å². The van der Waals surface area contributed by atoms with Gasteiger partial charge < -0.3 is 5.32 Å². The molecule has 0 atom stereocenters. The average Bonchev–Trinajstić information content (AvgIpc) is 2.47. The Morgan fingerprint density at radius 2 is 2.36 bits per heavy atom. The third-order valence-corrected chi connectivity index (χ3v) is 2.52. The van der Waals surface area contributed by atoms with Gasteiger partial charge in [0.15, 0.2) is 0 Å². The summed E-state index contributed by atoms with van der Waals surface area (Å²) in [6.45, 7) is 2.13. The minimum atomic E-state index is -0.0838. The minimum absolute atomic E-state index is 0.0838. The van der Waals surface area contributed by atoms with Crippen LogP contribution in [0.3, 0.4) is 0 Å². The Kier molecular flexibility index (Phi) is 2.37.